The Morgan fingerprint density at radius 2 is 2.04 bits per heavy atom. The molecule has 0 aliphatic heterocycles. The molecule has 2 aromatic rings. The van der Waals surface area contributed by atoms with Crippen molar-refractivity contribution in [1.29, 1.82) is 5.26 Å². The summed E-state index contributed by atoms with van der Waals surface area (Å²) >= 11 is 0. The zero-order chi connectivity index (χ0) is 16.8. The molecule has 2 atom stereocenters. The lowest BCUT2D eigenvalue weighted by atomic mass is 9.69. The third kappa shape index (κ3) is 2.49. The topological polar surface area (TPSA) is 98.9 Å². The van der Waals surface area contributed by atoms with Crippen molar-refractivity contribution in [3.05, 3.63) is 67.7 Å². The number of benzene rings is 1. The normalized spacial score (nSPS) is 22.2. The van der Waals surface area contributed by atoms with E-state index in [1.54, 1.807) is 12.1 Å². The highest BCUT2D eigenvalue weighted by Gasteiger charge is 2.42. The van der Waals surface area contributed by atoms with E-state index >= 15 is 0 Å². The third-order valence-electron chi connectivity index (χ3n) is 4.46. The smallest absolute Gasteiger partial charge is 0.265 e. The Morgan fingerprint density at radius 1 is 1.30 bits per heavy atom. The highest BCUT2D eigenvalue weighted by atomic mass is 16.3. The number of H-pyrrole nitrogens is 1. The van der Waals surface area contributed by atoms with Gasteiger partial charge in [-0.25, -0.2) is 4.68 Å². The molecule has 6 nitrogen and oxygen atoms in total. The minimum absolute atomic E-state index is 0.403. The lowest BCUT2D eigenvalue weighted by molar-refractivity contribution is 0.00406. The number of hydrogen-bond donors (Lipinski definition) is 2. The van der Waals surface area contributed by atoms with Crippen LogP contribution in [-0.2, 0) is 6.42 Å². The number of aromatic amines is 1. The fraction of sp³-hybridized carbons (Fsp3) is 0.353. The van der Waals surface area contributed by atoms with Crippen molar-refractivity contribution in [3.63, 3.8) is 0 Å². The van der Waals surface area contributed by atoms with Gasteiger partial charge in [0.05, 0.1) is 17.7 Å². The van der Waals surface area contributed by atoms with Gasteiger partial charge in [0.1, 0.15) is 6.04 Å². The quantitative estimate of drug-likeness (QED) is 0.818. The van der Waals surface area contributed by atoms with Crippen LogP contribution in [0.2, 0.25) is 0 Å². The van der Waals surface area contributed by atoms with E-state index in [1.807, 2.05) is 19.9 Å². The number of hydrogen-bond acceptors (Lipinski definition) is 4. The summed E-state index contributed by atoms with van der Waals surface area (Å²) in [7, 11) is 0. The molecule has 0 saturated carbocycles. The van der Waals surface area contributed by atoms with Gasteiger partial charge in [-0.15, -0.1) is 0 Å². The van der Waals surface area contributed by atoms with Crippen LogP contribution in [0.15, 0.2) is 39.9 Å². The lowest BCUT2D eigenvalue weighted by Crippen LogP contribution is -2.47. The Bertz CT molecular complexity index is 918. The van der Waals surface area contributed by atoms with Crippen molar-refractivity contribution < 1.29 is 5.11 Å². The molecule has 1 aliphatic carbocycles. The molecule has 0 saturated heterocycles. The van der Waals surface area contributed by atoms with Gasteiger partial charge in [-0.2, -0.15) is 5.26 Å². The Labute approximate surface area is 132 Å². The largest absolute Gasteiger partial charge is 0.390 e. The summed E-state index contributed by atoms with van der Waals surface area (Å²) in [6, 6.07) is 8.92. The number of aromatic nitrogens is 2. The minimum Gasteiger partial charge on any atom is -0.390 e. The molecule has 0 bridgehead atoms. The van der Waals surface area contributed by atoms with E-state index in [0.717, 1.165) is 16.3 Å². The van der Waals surface area contributed by atoms with E-state index < -0.39 is 28.7 Å². The molecule has 2 unspecified atom stereocenters. The second-order valence-corrected chi connectivity index (χ2v) is 6.60. The standard InChI is InChI=1S/C17H17N3O3/c1-17(2)8-11-4-3-10(9-18)7-12(11)15(16(17)23)20-14(22)6-5-13(21)19-20/h3-7,15-16,23H,8H2,1-2H3,(H,19,21). The molecular formula is C17H17N3O3. The summed E-state index contributed by atoms with van der Waals surface area (Å²) < 4.78 is 1.16. The molecule has 1 aromatic heterocycles. The van der Waals surface area contributed by atoms with E-state index in [1.165, 1.54) is 6.07 Å². The Balaban J connectivity index is 2.30. The molecule has 0 amide bonds. The first-order chi connectivity index (χ1) is 10.8. The maximum absolute atomic E-state index is 12.2. The molecule has 6 heteroatoms. The first-order valence-electron chi connectivity index (χ1n) is 7.36. The van der Waals surface area contributed by atoms with Crippen LogP contribution in [0.5, 0.6) is 0 Å². The summed E-state index contributed by atoms with van der Waals surface area (Å²) in [6.45, 7) is 3.83. The van der Waals surface area contributed by atoms with Gasteiger partial charge in [-0.05, 0) is 35.1 Å². The second kappa shape index (κ2) is 5.21. The van der Waals surface area contributed by atoms with E-state index in [0.29, 0.717) is 17.5 Å². The Kier molecular flexibility index (Phi) is 3.46. The first-order valence-corrected chi connectivity index (χ1v) is 7.36. The summed E-state index contributed by atoms with van der Waals surface area (Å²) in [5, 5.41) is 22.4. The van der Waals surface area contributed by atoms with Gasteiger partial charge >= 0.3 is 0 Å². The van der Waals surface area contributed by atoms with Crippen molar-refractivity contribution in [3.8, 4) is 6.07 Å². The summed E-state index contributed by atoms with van der Waals surface area (Å²) in [6.07, 6.45) is -0.253. The molecule has 1 heterocycles. The predicted octanol–water partition coefficient (Wildman–Crippen LogP) is 0.941. The molecular weight excluding hydrogens is 294 g/mol. The summed E-state index contributed by atoms with van der Waals surface area (Å²) in [5.41, 5.74) is 0.809. The van der Waals surface area contributed by atoms with Crippen molar-refractivity contribution in [2.45, 2.75) is 32.4 Å². The number of nitrogens with zero attached hydrogens (tertiary/aromatic N) is 2. The lowest BCUT2D eigenvalue weighted by Gasteiger charge is -2.42. The van der Waals surface area contributed by atoms with Crippen LogP contribution in [0, 0.1) is 16.7 Å². The average molecular weight is 311 g/mol. The number of rotatable bonds is 1. The van der Waals surface area contributed by atoms with E-state index in [9.17, 15) is 14.7 Å². The van der Waals surface area contributed by atoms with Crippen LogP contribution < -0.4 is 11.1 Å². The summed E-state index contributed by atoms with van der Waals surface area (Å²) in [4.78, 5) is 23.8. The van der Waals surface area contributed by atoms with Crippen LogP contribution in [0.3, 0.4) is 0 Å². The number of nitriles is 1. The highest BCUT2D eigenvalue weighted by Crippen LogP contribution is 2.42. The van der Waals surface area contributed by atoms with Crippen LogP contribution in [0.25, 0.3) is 0 Å². The van der Waals surface area contributed by atoms with Gasteiger partial charge < -0.3 is 5.11 Å². The Morgan fingerprint density at radius 3 is 2.74 bits per heavy atom. The zero-order valence-corrected chi connectivity index (χ0v) is 12.9. The third-order valence-corrected chi connectivity index (χ3v) is 4.46. The number of nitrogens with one attached hydrogen (secondary N) is 1. The van der Waals surface area contributed by atoms with Gasteiger partial charge in [-0.3, -0.25) is 14.7 Å². The fourth-order valence-electron chi connectivity index (χ4n) is 3.22. The van der Waals surface area contributed by atoms with Crippen LogP contribution in [-0.4, -0.2) is 21.0 Å². The predicted molar refractivity (Wildman–Crippen MR) is 84.1 cm³/mol. The maximum atomic E-state index is 12.2. The molecule has 23 heavy (non-hydrogen) atoms. The molecule has 3 rings (SSSR count). The van der Waals surface area contributed by atoms with Gasteiger partial charge in [0, 0.05) is 12.1 Å². The van der Waals surface area contributed by atoms with Crippen molar-refractivity contribution in [1.82, 2.24) is 9.78 Å². The van der Waals surface area contributed by atoms with Crippen molar-refractivity contribution >= 4 is 0 Å². The van der Waals surface area contributed by atoms with E-state index in [-0.39, 0.29) is 0 Å². The zero-order valence-electron chi connectivity index (χ0n) is 12.9. The minimum atomic E-state index is -0.875. The molecule has 0 fully saturated rings. The van der Waals surface area contributed by atoms with Crippen LogP contribution >= 0.6 is 0 Å². The average Bonchev–Trinajstić information content (AvgIpc) is 2.51. The summed E-state index contributed by atoms with van der Waals surface area (Å²) in [5.74, 6) is 0. The molecule has 1 aromatic carbocycles. The monoisotopic (exact) mass is 311 g/mol. The maximum Gasteiger partial charge on any atom is 0.265 e. The van der Waals surface area contributed by atoms with Crippen molar-refractivity contribution in [2.75, 3.05) is 0 Å². The van der Waals surface area contributed by atoms with Crippen LogP contribution in [0.1, 0.15) is 36.6 Å². The SMILES string of the molecule is CC1(C)Cc2ccc(C#N)cc2C(n2[nH]c(=O)ccc2=O)C1O. The second-order valence-electron chi connectivity index (χ2n) is 6.60. The number of fused-ring (bicyclic) bond motifs is 1. The van der Waals surface area contributed by atoms with Gasteiger partial charge in [0.25, 0.3) is 11.1 Å². The Hall–Kier alpha value is -2.65. The van der Waals surface area contributed by atoms with E-state index in [4.69, 9.17) is 5.26 Å². The molecule has 2 N–H and O–H groups in total. The van der Waals surface area contributed by atoms with Crippen LogP contribution in [0.4, 0.5) is 0 Å². The first kappa shape index (κ1) is 15.3. The highest BCUT2D eigenvalue weighted by molar-refractivity contribution is 5.43. The number of aliphatic hydroxyl groups is 1. The van der Waals surface area contributed by atoms with Gasteiger partial charge in [0.15, 0.2) is 0 Å². The van der Waals surface area contributed by atoms with Crippen molar-refractivity contribution in [2.24, 2.45) is 5.41 Å². The van der Waals surface area contributed by atoms with Gasteiger partial charge in [0.2, 0.25) is 0 Å². The van der Waals surface area contributed by atoms with E-state index in [2.05, 4.69) is 11.2 Å². The fourth-order valence-corrected chi connectivity index (χ4v) is 3.22. The molecule has 0 spiro atoms. The molecule has 1 aliphatic rings. The van der Waals surface area contributed by atoms with Gasteiger partial charge in [-0.1, -0.05) is 19.9 Å². The molecule has 0 radical (unpaired) electrons. The molecule has 118 valence electrons. The number of aliphatic hydroxyl groups excluding tert-OH is 1.